The van der Waals surface area contributed by atoms with Crippen LogP contribution in [0.25, 0.3) is 0 Å². The quantitative estimate of drug-likeness (QED) is 0.795. The van der Waals surface area contributed by atoms with E-state index in [2.05, 4.69) is 0 Å². The zero-order valence-corrected chi connectivity index (χ0v) is 12.9. The Hall–Kier alpha value is -1.11. The lowest BCUT2D eigenvalue weighted by atomic mass is 10.1. The normalized spacial score (nSPS) is 34.3. The summed E-state index contributed by atoms with van der Waals surface area (Å²) in [4.78, 5) is 27.2. The summed E-state index contributed by atoms with van der Waals surface area (Å²) in [7, 11) is -0.878. The van der Waals surface area contributed by atoms with Crippen LogP contribution in [0.15, 0.2) is 0 Å². The zero-order valence-electron chi connectivity index (χ0n) is 12.1. The maximum atomic E-state index is 12.6. The van der Waals surface area contributed by atoms with Gasteiger partial charge in [0.05, 0.1) is 5.25 Å². The number of likely N-dealkylation sites (tertiary alicyclic amines) is 1. The zero-order chi connectivity index (χ0) is 14.9. The van der Waals surface area contributed by atoms with E-state index in [9.17, 15) is 13.8 Å². The summed E-state index contributed by atoms with van der Waals surface area (Å²) >= 11 is 0. The highest BCUT2D eigenvalue weighted by Gasteiger charge is 2.39. The number of hydrogen-bond donors (Lipinski definition) is 1. The molecule has 2 N–H and O–H groups in total. The van der Waals surface area contributed by atoms with Crippen molar-refractivity contribution in [2.24, 2.45) is 5.73 Å². The van der Waals surface area contributed by atoms with Gasteiger partial charge in [0, 0.05) is 35.7 Å². The minimum Gasteiger partial charge on any atom is -0.351 e. The van der Waals surface area contributed by atoms with E-state index in [1.54, 1.807) is 4.90 Å². The van der Waals surface area contributed by atoms with E-state index in [1.165, 1.54) is 4.90 Å². The van der Waals surface area contributed by atoms with Crippen LogP contribution in [0, 0.1) is 0 Å². The van der Waals surface area contributed by atoms with Crippen LogP contribution >= 0.6 is 0 Å². The molecule has 0 saturated carbocycles. The Labute approximate surface area is 122 Å². The van der Waals surface area contributed by atoms with Crippen LogP contribution in [0.2, 0.25) is 0 Å². The number of hydrogen-bond acceptors (Lipinski definition) is 3. The van der Waals surface area contributed by atoms with Gasteiger partial charge in [0.1, 0.15) is 6.04 Å². The molecule has 0 aromatic heterocycles. The Morgan fingerprint density at radius 1 is 1.35 bits per heavy atom. The fourth-order valence-corrected chi connectivity index (χ4v) is 4.72. The lowest BCUT2D eigenvalue weighted by Crippen LogP contribution is -2.56. The van der Waals surface area contributed by atoms with Gasteiger partial charge in [0.15, 0.2) is 0 Å². The highest BCUT2D eigenvalue weighted by Crippen LogP contribution is 2.23. The van der Waals surface area contributed by atoms with Crippen LogP contribution in [0.1, 0.15) is 33.1 Å². The first kappa shape index (κ1) is 15.3. The Balaban J connectivity index is 2.09. The van der Waals surface area contributed by atoms with Crippen LogP contribution in [0.5, 0.6) is 0 Å². The van der Waals surface area contributed by atoms with Crippen molar-refractivity contribution in [1.82, 2.24) is 9.80 Å². The van der Waals surface area contributed by atoms with Gasteiger partial charge in [-0.15, -0.1) is 0 Å². The van der Waals surface area contributed by atoms with Gasteiger partial charge in [-0.3, -0.25) is 9.00 Å². The SMILES string of the molecule is CCC1CN(C(=O)[C@@H]2CCCN2C(N)=O)CC(C)S1=O. The van der Waals surface area contributed by atoms with Gasteiger partial charge in [-0.2, -0.15) is 0 Å². The number of rotatable bonds is 2. The molecule has 114 valence electrons. The standard InChI is InChI=1S/C13H23N3O3S/c1-3-10-8-15(7-9(2)20(10)19)12(17)11-5-4-6-16(11)13(14)18/h9-11H,3-8H2,1-2H3,(H2,14,18)/t9?,10?,11-,20?/m0/s1. The second-order valence-corrected chi connectivity index (χ2v) is 7.73. The summed E-state index contributed by atoms with van der Waals surface area (Å²) in [6.07, 6.45) is 2.28. The van der Waals surface area contributed by atoms with Crippen molar-refractivity contribution < 1.29 is 13.8 Å². The van der Waals surface area contributed by atoms with E-state index in [-0.39, 0.29) is 16.4 Å². The second kappa shape index (κ2) is 6.11. The minimum atomic E-state index is -0.878. The van der Waals surface area contributed by atoms with Gasteiger partial charge in [-0.1, -0.05) is 6.92 Å². The third kappa shape index (κ3) is 2.82. The number of carbonyl (C=O) groups excluding carboxylic acids is 2. The van der Waals surface area contributed by atoms with Crippen LogP contribution in [-0.2, 0) is 15.6 Å². The molecule has 2 aliphatic heterocycles. The Bertz CT molecular complexity index is 429. The van der Waals surface area contributed by atoms with Crippen molar-refractivity contribution in [2.45, 2.75) is 49.7 Å². The van der Waals surface area contributed by atoms with Gasteiger partial charge < -0.3 is 15.5 Å². The number of primary amides is 1. The van der Waals surface area contributed by atoms with E-state index < -0.39 is 22.9 Å². The molecular formula is C13H23N3O3S. The Kier molecular flexibility index (Phi) is 4.67. The summed E-state index contributed by atoms with van der Waals surface area (Å²) < 4.78 is 12.1. The number of carbonyl (C=O) groups is 2. The largest absolute Gasteiger partial charge is 0.351 e. The van der Waals surface area contributed by atoms with Gasteiger partial charge in [0.25, 0.3) is 0 Å². The van der Waals surface area contributed by atoms with Crippen LogP contribution < -0.4 is 5.73 Å². The molecule has 0 spiro atoms. The number of amides is 3. The van der Waals surface area contributed by atoms with E-state index in [1.807, 2.05) is 13.8 Å². The smallest absolute Gasteiger partial charge is 0.315 e. The molecule has 3 amide bonds. The highest BCUT2D eigenvalue weighted by molar-refractivity contribution is 7.86. The molecule has 0 radical (unpaired) electrons. The number of nitrogens with two attached hydrogens (primary N) is 1. The maximum absolute atomic E-state index is 12.6. The molecule has 2 fully saturated rings. The lowest BCUT2D eigenvalue weighted by Gasteiger charge is -2.38. The fourth-order valence-electron chi connectivity index (χ4n) is 3.08. The number of nitrogens with zero attached hydrogens (tertiary/aromatic N) is 2. The first-order chi connectivity index (χ1) is 9.45. The van der Waals surface area contributed by atoms with Crippen LogP contribution in [-0.4, -0.2) is 62.1 Å². The van der Waals surface area contributed by atoms with Crippen LogP contribution in [0.4, 0.5) is 4.79 Å². The van der Waals surface area contributed by atoms with Gasteiger partial charge >= 0.3 is 6.03 Å². The van der Waals surface area contributed by atoms with Crippen molar-refractivity contribution in [3.8, 4) is 0 Å². The predicted molar refractivity (Wildman–Crippen MR) is 77.6 cm³/mol. The molecule has 2 aliphatic rings. The number of urea groups is 1. The average molecular weight is 301 g/mol. The molecule has 0 aromatic carbocycles. The van der Waals surface area contributed by atoms with Crippen LogP contribution in [0.3, 0.4) is 0 Å². The van der Waals surface area contributed by atoms with Gasteiger partial charge in [-0.05, 0) is 26.2 Å². The van der Waals surface area contributed by atoms with Gasteiger partial charge in [0.2, 0.25) is 5.91 Å². The highest BCUT2D eigenvalue weighted by atomic mass is 32.2. The van der Waals surface area contributed by atoms with Crippen molar-refractivity contribution >= 4 is 22.7 Å². The molecule has 7 heteroatoms. The topological polar surface area (TPSA) is 83.7 Å². The maximum Gasteiger partial charge on any atom is 0.315 e. The third-order valence-corrected chi connectivity index (χ3v) is 6.30. The molecule has 0 aromatic rings. The summed E-state index contributed by atoms with van der Waals surface area (Å²) in [5.41, 5.74) is 5.33. The molecule has 6 nitrogen and oxygen atoms in total. The predicted octanol–water partition coefficient (Wildman–Crippen LogP) is 0.288. The fraction of sp³-hybridized carbons (Fsp3) is 0.846. The molecular weight excluding hydrogens is 278 g/mol. The molecule has 0 bridgehead atoms. The van der Waals surface area contributed by atoms with Crippen molar-refractivity contribution in [1.29, 1.82) is 0 Å². The molecule has 2 heterocycles. The van der Waals surface area contributed by atoms with Gasteiger partial charge in [-0.25, -0.2) is 4.79 Å². The summed E-state index contributed by atoms with van der Waals surface area (Å²) in [5, 5.41) is 0.0206. The van der Waals surface area contributed by atoms with Crippen molar-refractivity contribution in [3.05, 3.63) is 0 Å². The van der Waals surface area contributed by atoms with E-state index in [0.29, 0.717) is 26.1 Å². The van der Waals surface area contributed by atoms with E-state index in [0.717, 1.165) is 12.8 Å². The average Bonchev–Trinajstić information content (AvgIpc) is 2.90. The first-order valence-corrected chi connectivity index (χ1v) is 8.47. The molecule has 2 saturated heterocycles. The van der Waals surface area contributed by atoms with E-state index >= 15 is 0 Å². The first-order valence-electron chi connectivity index (χ1n) is 7.20. The second-order valence-electron chi connectivity index (χ2n) is 5.60. The van der Waals surface area contributed by atoms with Crippen molar-refractivity contribution in [2.75, 3.05) is 19.6 Å². The minimum absolute atomic E-state index is 0.0129. The van der Waals surface area contributed by atoms with Crippen molar-refractivity contribution in [3.63, 3.8) is 0 Å². The molecule has 3 unspecified atom stereocenters. The Morgan fingerprint density at radius 3 is 2.65 bits per heavy atom. The molecule has 2 rings (SSSR count). The molecule has 4 atom stereocenters. The third-order valence-electron chi connectivity index (χ3n) is 4.21. The molecule has 20 heavy (non-hydrogen) atoms. The molecule has 0 aliphatic carbocycles. The Morgan fingerprint density at radius 2 is 2.05 bits per heavy atom. The summed E-state index contributed by atoms with van der Waals surface area (Å²) in [6, 6.07) is -0.953. The monoisotopic (exact) mass is 301 g/mol. The summed E-state index contributed by atoms with van der Waals surface area (Å²) in [5.74, 6) is -0.0386. The van der Waals surface area contributed by atoms with E-state index in [4.69, 9.17) is 5.73 Å². The summed E-state index contributed by atoms with van der Waals surface area (Å²) in [6.45, 7) is 5.49. The lowest BCUT2D eigenvalue weighted by molar-refractivity contribution is -0.135.